The highest BCUT2D eigenvalue weighted by atomic mass is 16.5. The zero-order valence-corrected chi connectivity index (χ0v) is 34.7. The van der Waals surface area contributed by atoms with Crippen LogP contribution in [0.4, 0.5) is 0 Å². The molecule has 0 saturated heterocycles. The molecule has 50 heavy (non-hydrogen) atoms. The molecule has 0 aromatic carbocycles. The number of ether oxygens (including phenoxy) is 2. The molecule has 298 valence electrons. The lowest BCUT2D eigenvalue weighted by Gasteiger charge is -2.25. The van der Waals surface area contributed by atoms with E-state index in [2.05, 4.69) is 39.5 Å². The number of hydrogen-bond acceptors (Lipinski definition) is 6. The highest BCUT2D eigenvalue weighted by Gasteiger charge is 2.28. The minimum absolute atomic E-state index is 0.00466. The van der Waals surface area contributed by atoms with E-state index in [-0.39, 0.29) is 24.0 Å². The van der Waals surface area contributed by atoms with E-state index < -0.39 is 5.41 Å². The Bertz CT molecular complexity index is 774. The summed E-state index contributed by atoms with van der Waals surface area (Å²) in [7, 11) is 0. The van der Waals surface area contributed by atoms with E-state index in [1.165, 1.54) is 77.0 Å². The van der Waals surface area contributed by atoms with Gasteiger partial charge in [0.15, 0.2) is 0 Å². The molecule has 0 amide bonds. The number of unbranched alkanes of at least 4 members (excludes halogenated alkanes) is 14. The zero-order chi connectivity index (χ0) is 37.4. The van der Waals surface area contributed by atoms with Crippen LogP contribution in [0.2, 0.25) is 0 Å². The Hall–Kier alpha value is -1.14. The summed E-state index contributed by atoms with van der Waals surface area (Å²) in [6.45, 7) is 19.3. The number of rotatable bonds is 37. The van der Waals surface area contributed by atoms with Crippen LogP contribution in [0.5, 0.6) is 0 Å². The summed E-state index contributed by atoms with van der Waals surface area (Å²) in [5.41, 5.74) is -0.407. The molecule has 0 aliphatic heterocycles. The van der Waals surface area contributed by atoms with E-state index in [4.69, 9.17) is 9.47 Å². The molecule has 1 N–H and O–H groups in total. The zero-order valence-electron chi connectivity index (χ0n) is 34.7. The molecule has 0 aromatic heterocycles. The Morgan fingerprint density at radius 1 is 0.580 bits per heavy atom. The number of nitrogens with zero attached hydrogens (tertiary/aromatic N) is 1. The minimum Gasteiger partial charge on any atom is -0.465 e. The Morgan fingerprint density at radius 3 is 1.72 bits per heavy atom. The summed E-state index contributed by atoms with van der Waals surface area (Å²) in [6, 6.07) is 0. The van der Waals surface area contributed by atoms with Gasteiger partial charge in [0.05, 0.1) is 25.2 Å². The second-order valence-electron chi connectivity index (χ2n) is 16.9. The summed E-state index contributed by atoms with van der Waals surface area (Å²) >= 11 is 0. The Kier molecular flexibility index (Phi) is 31.8. The fourth-order valence-electron chi connectivity index (χ4n) is 6.91. The lowest BCUT2D eigenvalue weighted by atomic mass is 9.87. The second-order valence-corrected chi connectivity index (χ2v) is 16.9. The molecular weight excluding hydrogens is 622 g/mol. The van der Waals surface area contributed by atoms with Crippen LogP contribution in [0.3, 0.4) is 0 Å². The Morgan fingerprint density at radius 2 is 1.10 bits per heavy atom. The van der Waals surface area contributed by atoms with E-state index in [9.17, 15) is 14.7 Å². The number of esters is 2. The summed E-state index contributed by atoms with van der Waals surface area (Å²) in [5.74, 6) is 0.755. The SMILES string of the molecule is CCCCCCCCCOC(=O)C(C)(C)CCCCCCN(CCO)CCCCCC(C)(C)COC(=O)CCCCC(CCCC)CCCC. The van der Waals surface area contributed by atoms with E-state index in [0.29, 0.717) is 19.6 Å². The molecule has 0 rings (SSSR count). The molecule has 0 saturated carbocycles. The predicted molar refractivity (Wildman–Crippen MR) is 214 cm³/mol. The third-order valence-electron chi connectivity index (χ3n) is 10.6. The number of carbonyl (C=O) groups excluding carboxylic acids is 2. The summed E-state index contributed by atoms with van der Waals surface area (Å²) in [6.07, 6.45) is 30.2. The van der Waals surface area contributed by atoms with E-state index >= 15 is 0 Å². The normalized spacial score (nSPS) is 12.3. The van der Waals surface area contributed by atoms with Gasteiger partial charge in [-0.2, -0.15) is 0 Å². The highest BCUT2D eigenvalue weighted by molar-refractivity contribution is 5.75. The first-order valence-corrected chi connectivity index (χ1v) is 21.7. The predicted octanol–water partition coefficient (Wildman–Crippen LogP) is 12.2. The van der Waals surface area contributed by atoms with Gasteiger partial charge in [-0.15, -0.1) is 0 Å². The minimum atomic E-state index is -0.411. The van der Waals surface area contributed by atoms with Gasteiger partial charge < -0.3 is 19.5 Å². The van der Waals surface area contributed by atoms with Crippen LogP contribution in [0, 0.1) is 16.7 Å². The van der Waals surface area contributed by atoms with Crippen LogP contribution in [-0.2, 0) is 19.1 Å². The van der Waals surface area contributed by atoms with Crippen LogP contribution >= 0.6 is 0 Å². The van der Waals surface area contributed by atoms with Crippen molar-refractivity contribution in [2.24, 2.45) is 16.7 Å². The van der Waals surface area contributed by atoms with Gasteiger partial charge in [0.2, 0.25) is 0 Å². The van der Waals surface area contributed by atoms with E-state index in [0.717, 1.165) is 109 Å². The lowest BCUT2D eigenvalue weighted by Crippen LogP contribution is -2.29. The van der Waals surface area contributed by atoms with E-state index in [1.54, 1.807) is 0 Å². The van der Waals surface area contributed by atoms with Crippen molar-refractivity contribution in [3.05, 3.63) is 0 Å². The maximum absolute atomic E-state index is 12.6. The maximum atomic E-state index is 12.6. The smallest absolute Gasteiger partial charge is 0.311 e. The fourth-order valence-corrected chi connectivity index (χ4v) is 6.91. The molecule has 0 atom stereocenters. The van der Waals surface area contributed by atoms with Crippen LogP contribution in [0.1, 0.15) is 215 Å². The van der Waals surface area contributed by atoms with Crippen LogP contribution < -0.4 is 0 Å². The van der Waals surface area contributed by atoms with Crippen molar-refractivity contribution in [2.75, 3.05) is 39.5 Å². The van der Waals surface area contributed by atoms with Crippen molar-refractivity contribution in [1.29, 1.82) is 0 Å². The molecule has 0 aliphatic rings. The molecule has 0 unspecified atom stereocenters. The molecule has 0 spiro atoms. The van der Waals surface area contributed by atoms with Gasteiger partial charge in [-0.1, -0.05) is 157 Å². The molecule has 0 bridgehead atoms. The third kappa shape index (κ3) is 29.4. The molecule has 0 heterocycles. The number of aliphatic hydroxyl groups is 1. The largest absolute Gasteiger partial charge is 0.465 e. The molecule has 0 radical (unpaired) electrons. The third-order valence-corrected chi connectivity index (χ3v) is 10.6. The number of carbonyl (C=O) groups is 2. The quantitative estimate of drug-likeness (QED) is 0.0511. The molecule has 6 heteroatoms. The second kappa shape index (κ2) is 32.5. The first-order valence-electron chi connectivity index (χ1n) is 21.7. The first-order chi connectivity index (χ1) is 24.0. The van der Waals surface area contributed by atoms with Crippen molar-refractivity contribution >= 4 is 11.9 Å². The summed E-state index contributed by atoms with van der Waals surface area (Å²) < 4.78 is 11.3. The Balaban J connectivity index is 4.05. The van der Waals surface area contributed by atoms with Gasteiger partial charge in [0.25, 0.3) is 0 Å². The van der Waals surface area contributed by atoms with Crippen molar-refractivity contribution in [3.8, 4) is 0 Å². The summed E-state index contributed by atoms with van der Waals surface area (Å²) in [5, 5.41) is 9.59. The highest BCUT2D eigenvalue weighted by Crippen LogP contribution is 2.27. The molecule has 0 aromatic rings. The van der Waals surface area contributed by atoms with Crippen molar-refractivity contribution in [2.45, 2.75) is 215 Å². The van der Waals surface area contributed by atoms with Gasteiger partial charge in [-0.05, 0) is 76.8 Å². The topological polar surface area (TPSA) is 76.1 Å². The average Bonchev–Trinajstić information content (AvgIpc) is 3.08. The Labute approximate surface area is 312 Å². The summed E-state index contributed by atoms with van der Waals surface area (Å²) in [4.78, 5) is 27.4. The van der Waals surface area contributed by atoms with Gasteiger partial charge in [0.1, 0.15) is 0 Å². The van der Waals surface area contributed by atoms with Gasteiger partial charge in [-0.3, -0.25) is 9.59 Å². The maximum Gasteiger partial charge on any atom is 0.311 e. The van der Waals surface area contributed by atoms with Crippen molar-refractivity contribution in [1.82, 2.24) is 4.90 Å². The molecule has 0 aliphatic carbocycles. The lowest BCUT2D eigenvalue weighted by molar-refractivity contribution is -0.154. The van der Waals surface area contributed by atoms with Crippen molar-refractivity contribution < 1.29 is 24.2 Å². The molecule has 6 nitrogen and oxygen atoms in total. The van der Waals surface area contributed by atoms with Crippen LogP contribution in [0.25, 0.3) is 0 Å². The van der Waals surface area contributed by atoms with Gasteiger partial charge in [-0.25, -0.2) is 0 Å². The van der Waals surface area contributed by atoms with Crippen LogP contribution in [0.15, 0.2) is 0 Å². The van der Waals surface area contributed by atoms with Crippen LogP contribution in [-0.4, -0.2) is 61.4 Å². The standard InChI is InChI=1S/C44H87NO5/c1-8-11-14-15-16-19-27-38-49-42(48)44(6,7)33-24-17-18-25-34-45(36-37-46)35-26-20-23-32-43(4,5)39-50-41(47)31-22-21-30-40(28-12-9-2)29-13-10-3/h40,46H,8-39H2,1-7H3. The first kappa shape index (κ1) is 48.9. The van der Waals surface area contributed by atoms with Gasteiger partial charge >= 0.3 is 11.9 Å². The van der Waals surface area contributed by atoms with Crippen molar-refractivity contribution in [3.63, 3.8) is 0 Å². The molecule has 0 fully saturated rings. The fraction of sp³-hybridized carbons (Fsp3) is 0.955. The van der Waals surface area contributed by atoms with E-state index in [1.807, 2.05) is 13.8 Å². The average molecular weight is 710 g/mol. The molecular formula is C44H87NO5. The monoisotopic (exact) mass is 710 g/mol. The van der Waals surface area contributed by atoms with Gasteiger partial charge in [0, 0.05) is 13.0 Å². The number of aliphatic hydroxyl groups excluding tert-OH is 1. The number of hydrogen-bond donors (Lipinski definition) is 1.